The summed E-state index contributed by atoms with van der Waals surface area (Å²) in [5.74, 6) is -0.152. The minimum absolute atomic E-state index is 0.152. The number of benzene rings is 1. The predicted molar refractivity (Wildman–Crippen MR) is 82.7 cm³/mol. The highest BCUT2D eigenvalue weighted by Crippen LogP contribution is 2.40. The maximum Gasteiger partial charge on any atom is 0.318 e. The van der Waals surface area contributed by atoms with E-state index in [9.17, 15) is 15.2 Å². The lowest BCUT2D eigenvalue weighted by atomic mass is 9.76. The fourth-order valence-electron chi connectivity index (χ4n) is 2.69. The molecule has 21 heavy (non-hydrogen) atoms. The summed E-state index contributed by atoms with van der Waals surface area (Å²) in [5.41, 5.74) is 0.961. The summed E-state index contributed by atoms with van der Waals surface area (Å²) in [5, 5.41) is 21.7. The quantitative estimate of drug-likeness (QED) is 0.872. The molecule has 0 radical (unpaired) electrons. The highest BCUT2D eigenvalue weighted by Gasteiger charge is 2.51. The molecule has 0 spiro atoms. The lowest BCUT2D eigenvalue weighted by molar-refractivity contribution is 0.0169. The predicted octanol–water partition coefficient (Wildman–Crippen LogP) is 2.22. The van der Waals surface area contributed by atoms with Crippen molar-refractivity contribution in [2.24, 2.45) is 0 Å². The van der Waals surface area contributed by atoms with Crippen LogP contribution in [-0.2, 0) is 0 Å². The van der Waals surface area contributed by atoms with E-state index >= 15 is 0 Å². The van der Waals surface area contributed by atoms with Crippen molar-refractivity contribution < 1.29 is 9.90 Å². The van der Waals surface area contributed by atoms with E-state index in [0.717, 1.165) is 16.5 Å². The van der Waals surface area contributed by atoms with Crippen LogP contribution < -0.4 is 5.32 Å². The Labute approximate surface area is 132 Å². The topological polar surface area (TPSA) is 76.4 Å². The first-order valence-corrected chi connectivity index (χ1v) is 7.75. The number of hydrogen-bond acceptors (Lipinski definition) is 3. The third-order valence-corrected chi connectivity index (χ3v) is 4.28. The van der Waals surface area contributed by atoms with Gasteiger partial charge in [-0.05, 0) is 24.1 Å². The number of amides is 2. The minimum Gasteiger partial charge on any atom is -0.394 e. The number of halogens is 1. The van der Waals surface area contributed by atoms with Gasteiger partial charge in [-0.1, -0.05) is 35.0 Å². The number of urea groups is 1. The molecule has 1 aliphatic rings. The summed E-state index contributed by atoms with van der Waals surface area (Å²) in [4.78, 5) is 13.5. The van der Waals surface area contributed by atoms with E-state index in [1.807, 2.05) is 31.2 Å². The van der Waals surface area contributed by atoms with E-state index in [1.54, 1.807) is 0 Å². The van der Waals surface area contributed by atoms with Crippen LogP contribution in [0.25, 0.3) is 0 Å². The molecule has 0 aromatic heterocycles. The summed E-state index contributed by atoms with van der Waals surface area (Å²) >= 11 is 3.37. The summed E-state index contributed by atoms with van der Waals surface area (Å²) in [6.07, 6.45) is 0.830. The zero-order valence-corrected chi connectivity index (χ0v) is 13.4. The van der Waals surface area contributed by atoms with Crippen LogP contribution in [0.3, 0.4) is 0 Å². The summed E-state index contributed by atoms with van der Waals surface area (Å²) in [6, 6.07) is 8.64. The fraction of sp³-hybridized carbons (Fsp3) is 0.467. The number of aliphatic hydroxyl groups excluding tert-OH is 1. The molecule has 1 aromatic carbocycles. The Morgan fingerprint density at radius 1 is 1.48 bits per heavy atom. The van der Waals surface area contributed by atoms with Crippen molar-refractivity contribution in [3.05, 3.63) is 34.3 Å². The average Bonchev–Trinajstić information content (AvgIpc) is 2.47. The number of rotatable bonds is 4. The van der Waals surface area contributed by atoms with E-state index in [2.05, 4.69) is 27.3 Å². The van der Waals surface area contributed by atoms with Gasteiger partial charge in [0.25, 0.3) is 0 Å². The van der Waals surface area contributed by atoms with Gasteiger partial charge in [-0.3, -0.25) is 0 Å². The average molecular weight is 352 g/mol. The zero-order chi connectivity index (χ0) is 15.4. The maximum absolute atomic E-state index is 12.1. The van der Waals surface area contributed by atoms with E-state index in [1.165, 1.54) is 4.90 Å². The molecule has 2 rings (SSSR count). The van der Waals surface area contributed by atoms with Crippen LogP contribution in [0.15, 0.2) is 28.7 Å². The molecule has 112 valence electrons. The molecule has 2 amide bonds. The van der Waals surface area contributed by atoms with Crippen LogP contribution in [0.1, 0.15) is 24.8 Å². The molecule has 0 unspecified atom stereocenters. The third kappa shape index (κ3) is 3.04. The highest BCUT2D eigenvalue weighted by atomic mass is 79.9. The van der Waals surface area contributed by atoms with Gasteiger partial charge in [-0.15, -0.1) is 0 Å². The smallest absolute Gasteiger partial charge is 0.318 e. The van der Waals surface area contributed by atoms with Gasteiger partial charge in [0.2, 0.25) is 0 Å². The largest absolute Gasteiger partial charge is 0.394 e. The van der Waals surface area contributed by atoms with Gasteiger partial charge in [-0.25, -0.2) is 4.79 Å². The molecule has 1 fully saturated rings. The first-order chi connectivity index (χ1) is 10.1. The second-order valence-electron chi connectivity index (χ2n) is 5.04. The molecule has 6 heteroatoms. The molecular weight excluding hydrogens is 334 g/mol. The summed E-state index contributed by atoms with van der Waals surface area (Å²) < 4.78 is 0.956. The molecule has 1 saturated heterocycles. The highest BCUT2D eigenvalue weighted by molar-refractivity contribution is 9.10. The Hall–Kier alpha value is -1.58. The molecule has 5 nitrogen and oxygen atoms in total. The van der Waals surface area contributed by atoms with Crippen LogP contribution in [-0.4, -0.2) is 41.3 Å². The Kier molecular flexibility index (Phi) is 5.21. The standard InChI is InChI=1S/C15H18BrN3O2/c1-2-7-18-15(21)19-12(8-17)14(13(19)9-20)10-3-5-11(16)6-4-10/h3-6,12-14,20H,2,7,9H2,1H3,(H,18,21)/t12-,13-,14+/m1/s1. The van der Waals surface area contributed by atoms with Crippen molar-refractivity contribution in [2.75, 3.05) is 13.2 Å². The Morgan fingerprint density at radius 2 is 2.14 bits per heavy atom. The number of nitrogens with zero attached hydrogens (tertiary/aromatic N) is 2. The van der Waals surface area contributed by atoms with Crippen LogP contribution in [0.5, 0.6) is 0 Å². The minimum atomic E-state index is -0.541. The number of carbonyl (C=O) groups excluding carboxylic acids is 1. The van der Waals surface area contributed by atoms with Crippen molar-refractivity contribution in [1.29, 1.82) is 5.26 Å². The van der Waals surface area contributed by atoms with Gasteiger partial charge in [-0.2, -0.15) is 5.26 Å². The summed E-state index contributed by atoms with van der Waals surface area (Å²) in [7, 11) is 0. The van der Waals surface area contributed by atoms with E-state index in [4.69, 9.17) is 0 Å². The van der Waals surface area contributed by atoms with Gasteiger partial charge in [0.15, 0.2) is 0 Å². The van der Waals surface area contributed by atoms with Gasteiger partial charge < -0.3 is 15.3 Å². The number of hydrogen-bond donors (Lipinski definition) is 2. The molecule has 1 aromatic rings. The SMILES string of the molecule is CCCNC(=O)N1[C@H](C#N)[C@H](c2ccc(Br)cc2)[C@H]1CO. The van der Waals surface area contributed by atoms with Crippen molar-refractivity contribution in [1.82, 2.24) is 10.2 Å². The zero-order valence-electron chi connectivity index (χ0n) is 11.8. The molecule has 0 aliphatic carbocycles. The first kappa shape index (κ1) is 15.8. The second kappa shape index (κ2) is 6.92. The van der Waals surface area contributed by atoms with Crippen molar-refractivity contribution in [3.63, 3.8) is 0 Å². The molecule has 2 N–H and O–H groups in total. The van der Waals surface area contributed by atoms with E-state index in [0.29, 0.717) is 6.54 Å². The molecule has 1 heterocycles. The van der Waals surface area contributed by atoms with Crippen molar-refractivity contribution in [3.8, 4) is 6.07 Å². The summed E-state index contributed by atoms with van der Waals surface area (Å²) in [6.45, 7) is 2.37. The van der Waals surface area contributed by atoms with Gasteiger partial charge in [0.05, 0.1) is 18.7 Å². The Morgan fingerprint density at radius 3 is 2.67 bits per heavy atom. The van der Waals surface area contributed by atoms with Crippen LogP contribution in [0.2, 0.25) is 0 Å². The van der Waals surface area contributed by atoms with Crippen LogP contribution in [0.4, 0.5) is 4.79 Å². The van der Waals surface area contributed by atoms with Gasteiger partial charge in [0.1, 0.15) is 6.04 Å². The number of likely N-dealkylation sites (tertiary alicyclic amines) is 1. The Balaban J connectivity index is 2.19. The number of nitriles is 1. The molecular formula is C15H18BrN3O2. The van der Waals surface area contributed by atoms with Crippen LogP contribution in [0, 0.1) is 11.3 Å². The normalized spacial score (nSPS) is 24.1. The number of carbonyl (C=O) groups is 1. The Bertz CT molecular complexity index is 541. The van der Waals surface area contributed by atoms with Crippen LogP contribution >= 0.6 is 15.9 Å². The van der Waals surface area contributed by atoms with Crippen molar-refractivity contribution in [2.45, 2.75) is 31.3 Å². The van der Waals surface area contributed by atoms with E-state index in [-0.39, 0.29) is 24.6 Å². The number of nitrogens with one attached hydrogen (secondary N) is 1. The molecule has 0 saturated carbocycles. The van der Waals surface area contributed by atoms with Gasteiger partial charge >= 0.3 is 6.03 Å². The first-order valence-electron chi connectivity index (χ1n) is 6.96. The second-order valence-corrected chi connectivity index (χ2v) is 5.96. The van der Waals surface area contributed by atoms with Crippen molar-refractivity contribution >= 4 is 22.0 Å². The molecule has 3 atom stereocenters. The molecule has 1 aliphatic heterocycles. The number of aliphatic hydroxyl groups is 1. The monoisotopic (exact) mass is 351 g/mol. The maximum atomic E-state index is 12.1. The van der Waals surface area contributed by atoms with Gasteiger partial charge in [0, 0.05) is 16.9 Å². The molecule has 0 bridgehead atoms. The lowest BCUT2D eigenvalue weighted by Crippen LogP contribution is -2.67. The lowest BCUT2D eigenvalue weighted by Gasteiger charge is -2.51. The fourth-order valence-corrected chi connectivity index (χ4v) is 2.96. The van der Waals surface area contributed by atoms with E-state index < -0.39 is 6.04 Å². The third-order valence-electron chi connectivity index (χ3n) is 3.75.